The van der Waals surface area contributed by atoms with Crippen LogP contribution in [0.2, 0.25) is 5.02 Å². The Hall–Kier alpha value is -2.92. The summed E-state index contributed by atoms with van der Waals surface area (Å²) in [5, 5.41) is 6.63. The van der Waals surface area contributed by atoms with Crippen molar-refractivity contribution >= 4 is 34.7 Å². The van der Waals surface area contributed by atoms with E-state index in [1.165, 1.54) is 17.3 Å². The van der Waals surface area contributed by atoms with Crippen LogP contribution in [0.1, 0.15) is 27.2 Å². The lowest BCUT2D eigenvalue weighted by atomic mass is 10.1. The Labute approximate surface area is 157 Å². The SMILES string of the molecule is Cc1ccc(Nc2cnc(C(=O)Nc3ccc(Cl)cc3C)cn2)cc1C. The van der Waals surface area contributed by atoms with Crippen molar-refractivity contribution < 1.29 is 4.79 Å². The number of aromatic nitrogens is 2. The fourth-order valence-corrected chi connectivity index (χ4v) is 2.66. The maximum atomic E-state index is 12.3. The summed E-state index contributed by atoms with van der Waals surface area (Å²) in [6.07, 6.45) is 2.99. The molecule has 26 heavy (non-hydrogen) atoms. The van der Waals surface area contributed by atoms with E-state index in [9.17, 15) is 4.79 Å². The second-order valence-electron chi connectivity index (χ2n) is 6.12. The van der Waals surface area contributed by atoms with E-state index in [1.807, 2.05) is 25.1 Å². The first kappa shape index (κ1) is 17.9. The van der Waals surface area contributed by atoms with E-state index < -0.39 is 0 Å². The molecule has 6 heteroatoms. The lowest BCUT2D eigenvalue weighted by Gasteiger charge is -2.10. The largest absolute Gasteiger partial charge is 0.339 e. The third kappa shape index (κ3) is 4.18. The fourth-order valence-electron chi connectivity index (χ4n) is 2.43. The van der Waals surface area contributed by atoms with E-state index in [4.69, 9.17) is 11.6 Å². The summed E-state index contributed by atoms with van der Waals surface area (Å²) >= 11 is 5.93. The monoisotopic (exact) mass is 366 g/mol. The summed E-state index contributed by atoms with van der Waals surface area (Å²) in [6.45, 7) is 6.00. The molecule has 1 amide bonds. The third-order valence-electron chi connectivity index (χ3n) is 4.10. The number of anilines is 3. The van der Waals surface area contributed by atoms with E-state index in [0.29, 0.717) is 16.5 Å². The first-order valence-electron chi connectivity index (χ1n) is 8.16. The Morgan fingerprint density at radius 1 is 0.923 bits per heavy atom. The molecule has 0 saturated carbocycles. The van der Waals surface area contributed by atoms with Crippen LogP contribution < -0.4 is 10.6 Å². The predicted octanol–water partition coefficient (Wildman–Crippen LogP) is 5.05. The number of carbonyl (C=O) groups excluding carboxylic acids is 1. The molecule has 0 aliphatic rings. The number of hydrogen-bond donors (Lipinski definition) is 2. The molecule has 2 N–H and O–H groups in total. The number of nitrogens with zero attached hydrogens (tertiary/aromatic N) is 2. The Morgan fingerprint density at radius 3 is 2.38 bits per heavy atom. The number of hydrogen-bond acceptors (Lipinski definition) is 4. The van der Waals surface area contributed by atoms with E-state index >= 15 is 0 Å². The third-order valence-corrected chi connectivity index (χ3v) is 4.34. The average Bonchev–Trinajstić information content (AvgIpc) is 2.61. The fraction of sp³-hybridized carbons (Fsp3) is 0.150. The zero-order chi connectivity index (χ0) is 18.7. The van der Waals surface area contributed by atoms with Gasteiger partial charge in [-0.05, 0) is 67.8 Å². The summed E-state index contributed by atoms with van der Waals surface area (Å²) in [7, 11) is 0. The molecule has 3 rings (SSSR count). The van der Waals surface area contributed by atoms with Crippen molar-refractivity contribution in [2.45, 2.75) is 20.8 Å². The van der Waals surface area contributed by atoms with Gasteiger partial charge in [0.15, 0.2) is 0 Å². The van der Waals surface area contributed by atoms with Crippen molar-refractivity contribution in [1.29, 1.82) is 0 Å². The zero-order valence-electron chi connectivity index (χ0n) is 14.8. The van der Waals surface area contributed by atoms with Gasteiger partial charge in [0.05, 0.1) is 12.4 Å². The molecule has 0 aliphatic carbocycles. The first-order chi connectivity index (χ1) is 12.4. The van der Waals surface area contributed by atoms with Crippen molar-refractivity contribution in [3.05, 3.63) is 76.2 Å². The van der Waals surface area contributed by atoms with Crippen molar-refractivity contribution in [3.63, 3.8) is 0 Å². The summed E-state index contributed by atoms with van der Waals surface area (Å²) in [4.78, 5) is 20.8. The number of nitrogens with one attached hydrogen (secondary N) is 2. The molecule has 0 spiro atoms. The van der Waals surface area contributed by atoms with Crippen LogP contribution in [0.5, 0.6) is 0 Å². The molecule has 0 unspecified atom stereocenters. The van der Waals surface area contributed by atoms with Crippen molar-refractivity contribution in [1.82, 2.24) is 9.97 Å². The summed E-state index contributed by atoms with van der Waals surface area (Å²) in [6, 6.07) is 11.3. The smallest absolute Gasteiger partial charge is 0.275 e. The Kier molecular flexibility index (Phi) is 5.19. The molecule has 0 atom stereocenters. The van der Waals surface area contributed by atoms with E-state index in [1.54, 1.807) is 24.4 Å². The molecular formula is C20H19ClN4O. The van der Waals surface area contributed by atoms with Crippen LogP contribution >= 0.6 is 11.6 Å². The first-order valence-corrected chi connectivity index (χ1v) is 8.54. The van der Waals surface area contributed by atoms with Gasteiger partial charge in [0.1, 0.15) is 11.5 Å². The summed E-state index contributed by atoms with van der Waals surface area (Å²) in [5.41, 5.74) is 5.16. The van der Waals surface area contributed by atoms with Gasteiger partial charge in [0, 0.05) is 16.4 Å². The van der Waals surface area contributed by atoms with Crippen molar-refractivity contribution in [2.24, 2.45) is 0 Å². The van der Waals surface area contributed by atoms with Gasteiger partial charge in [0.25, 0.3) is 5.91 Å². The van der Waals surface area contributed by atoms with Gasteiger partial charge in [-0.1, -0.05) is 17.7 Å². The van der Waals surface area contributed by atoms with Gasteiger partial charge in [-0.2, -0.15) is 0 Å². The van der Waals surface area contributed by atoms with Crippen molar-refractivity contribution in [3.8, 4) is 0 Å². The molecule has 1 heterocycles. The Bertz CT molecular complexity index is 955. The second kappa shape index (κ2) is 7.54. The van der Waals surface area contributed by atoms with Crippen LogP contribution in [0.3, 0.4) is 0 Å². The number of halogens is 1. The highest BCUT2D eigenvalue weighted by molar-refractivity contribution is 6.30. The van der Waals surface area contributed by atoms with E-state index in [-0.39, 0.29) is 11.6 Å². The van der Waals surface area contributed by atoms with Gasteiger partial charge in [-0.3, -0.25) is 4.79 Å². The quantitative estimate of drug-likeness (QED) is 0.678. The van der Waals surface area contributed by atoms with Crippen LogP contribution in [-0.4, -0.2) is 15.9 Å². The number of carbonyl (C=O) groups is 1. The zero-order valence-corrected chi connectivity index (χ0v) is 15.6. The lowest BCUT2D eigenvalue weighted by molar-refractivity contribution is 0.102. The highest BCUT2D eigenvalue weighted by atomic mass is 35.5. The molecule has 5 nitrogen and oxygen atoms in total. The molecule has 3 aromatic rings. The van der Waals surface area contributed by atoms with E-state index in [0.717, 1.165) is 11.3 Å². The number of amides is 1. The predicted molar refractivity (Wildman–Crippen MR) is 105 cm³/mol. The van der Waals surface area contributed by atoms with Crippen LogP contribution in [0.4, 0.5) is 17.2 Å². The molecule has 0 bridgehead atoms. The van der Waals surface area contributed by atoms with Gasteiger partial charge in [-0.25, -0.2) is 9.97 Å². The Balaban J connectivity index is 1.70. The standard InChI is InChI=1S/C20H19ClN4O/c1-12-4-6-16(9-13(12)2)24-19-11-22-18(10-23-19)20(26)25-17-7-5-15(21)8-14(17)3/h4-11H,1-3H3,(H,23,24)(H,25,26). The van der Waals surface area contributed by atoms with Crippen LogP contribution in [0.25, 0.3) is 0 Å². The van der Waals surface area contributed by atoms with Crippen molar-refractivity contribution in [2.75, 3.05) is 10.6 Å². The summed E-state index contributed by atoms with van der Waals surface area (Å²) < 4.78 is 0. The molecular weight excluding hydrogens is 348 g/mol. The normalized spacial score (nSPS) is 10.5. The number of benzene rings is 2. The molecule has 0 saturated heterocycles. The topological polar surface area (TPSA) is 66.9 Å². The molecule has 0 fully saturated rings. The average molecular weight is 367 g/mol. The van der Waals surface area contributed by atoms with Gasteiger partial charge >= 0.3 is 0 Å². The number of aryl methyl sites for hydroxylation is 3. The maximum Gasteiger partial charge on any atom is 0.275 e. The van der Waals surface area contributed by atoms with Gasteiger partial charge < -0.3 is 10.6 Å². The molecule has 0 aliphatic heterocycles. The molecule has 1 aromatic heterocycles. The van der Waals surface area contributed by atoms with Gasteiger partial charge in [-0.15, -0.1) is 0 Å². The minimum Gasteiger partial charge on any atom is -0.339 e. The molecule has 132 valence electrons. The highest BCUT2D eigenvalue weighted by Gasteiger charge is 2.10. The Morgan fingerprint density at radius 2 is 1.73 bits per heavy atom. The maximum absolute atomic E-state index is 12.3. The van der Waals surface area contributed by atoms with Crippen LogP contribution in [0.15, 0.2) is 48.8 Å². The summed E-state index contributed by atoms with van der Waals surface area (Å²) in [5.74, 6) is 0.258. The number of rotatable bonds is 4. The minimum absolute atomic E-state index is 0.241. The second-order valence-corrected chi connectivity index (χ2v) is 6.56. The molecule has 2 aromatic carbocycles. The van der Waals surface area contributed by atoms with Crippen LogP contribution in [0, 0.1) is 20.8 Å². The van der Waals surface area contributed by atoms with Gasteiger partial charge in [0.2, 0.25) is 0 Å². The van der Waals surface area contributed by atoms with Crippen LogP contribution in [-0.2, 0) is 0 Å². The highest BCUT2D eigenvalue weighted by Crippen LogP contribution is 2.21. The minimum atomic E-state index is -0.319. The lowest BCUT2D eigenvalue weighted by Crippen LogP contribution is -2.15. The van der Waals surface area contributed by atoms with E-state index in [2.05, 4.69) is 34.4 Å². The molecule has 0 radical (unpaired) electrons.